The first-order valence-electron chi connectivity index (χ1n) is 7.22. The van der Waals surface area contributed by atoms with Crippen LogP contribution in [-0.4, -0.2) is 22.8 Å². The van der Waals surface area contributed by atoms with Crippen LogP contribution >= 0.6 is 11.6 Å². The van der Waals surface area contributed by atoms with E-state index in [0.29, 0.717) is 17.1 Å². The average molecular weight is 362 g/mol. The van der Waals surface area contributed by atoms with E-state index in [4.69, 9.17) is 16.3 Å². The van der Waals surface area contributed by atoms with Gasteiger partial charge in [0.25, 0.3) is 17.5 Å². The Morgan fingerprint density at radius 2 is 2.08 bits per heavy atom. The quantitative estimate of drug-likeness (QED) is 0.644. The van der Waals surface area contributed by atoms with Crippen LogP contribution in [0.4, 0.5) is 17.1 Å². The number of fused-ring (bicyclic) bond motifs is 1. The van der Waals surface area contributed by atoms with Crippen LogP contribution in [0.15, 0.2) is 36.4 Å². The SMILES string of the molecule is CC1Oc2ccc(NC(=O)c3cc([N+](=O)[O-])ccc3Cl)cc2NC1=O. The highest BCUT2D eigenvalue weighted by atomic mass is 35.5. The molecule has 3 rings (SSSR count). The van der Waals surface area contributed by atoms with Crippen LogP contribution in [-0.2, 0) is 4.79 Å². The number of hydrogen-bond donors (Lipinski definition) is 2. The molecule has 0 saturated carbocycles. The minimum Gasteiger partial charge on any atom is -0.479 e. The second kappa shape index (κ2) is 6.40. The predicted octanol–water partition coefficient (Wildman–Crippen LogP) is 3.22. The van der Waals surface area contributed by atoms with Gasteiger partial charge in [0, 0.05) is 17.8 Å². The molecule has 1 unspecified atom stereocenters. The van der Waals surface area contributed by atoms with E-state index in [2.05, 4.69) is 10.6 Å². The Balaban J connectivity index is 1.85. The number of carbonyl (C=O) groups excluding carboxylic acids is 2. The van der Waals surface area contributed by atoms with Gasteiger partial charge in [0.2, 0.25) is 0 Å². The van der Waals surface area contributed by atoms with Gasteiger partial charge in [0.1, 0.15) is 5.75 Å². The first kappa shape index (κ1) is 16.7. The van der Waals surface area contributed by atoms with Crippen LogP contribution in [0, 0.1) is 10.1 Å². The zero-order valence-corrected chi connectivity index (χ0v) is 13.7. The highest BCUT2D eigenvalue weighted by Gasteiger charge is 2.24. The Kier molecular flexibility index (Phi) is 4.28. The molecule has 8 nitrogen and oxygen atoms in total. The topological polar surface area (TPSA) is 111 Å². The molecule has 0 spiro atoms. The predicted molar refractivity (Wildman–Crippen MR) is 91.2 cm³/mol. The van der Waals surface area contributed by atoms with E-state index in [1.165, 1.54) is 18.2 Å². The Morgan fingerprint density at radius 3 is 2.80 bits per heavy atom. The lowest BCUT2D eigenvalue weighted by Crippen LogP contribution is -2.34. The van der Waals surface area contributed by atoms with Gasteiger partial charge in [-0.2, -0.15) is 0 Å². The van der Waals surface area contributed by atoms with Crippen molar-refractivity contribution in [1.82, 2.24) is 0 Å². The number of nitro benzene ring substituents is 1. The molecule has 0 fully saturated rings. The number of rotatable bonds is 3. The lowest BCUT2D eigenvalue weighted by atomic mass is 10.1. The fraction of sp³-hybridized carbons (Fsp3) is 0.125. The lowest BCUT2D eigenvalue weighted by Gasteiger charge is -2.23. The summed E-state index contributed by atoms with van der Waals surface area (Å²) in [5.74, 6) is -0.416. The van der Waals surface area contributed by atoms with E-state index in [1.807, 2.05) is 0 Å². The number of anilines is 2. The van der Waals surface area contributed by atoms with E-state index in [1.54, 1.807) is 19.1 Å². The molecule has 0 aliphatic carbocycles. The highest BCUT2D eigenvalue weighted by molar-refractivity contribution is 6.34. The number of nitrogens with one attached hydrogen (secondary N) is 2. The molecule has 2 aromatic carbocycles. The monoisotopic (exact) mass is 361 g/mol. The van der Waals surface area contributed by atoms with E-state index in [-0.39, 0.29) is 22.2 Å². The molecule has 1 atom stereocenters. The maximum atomic E-state index is 12.4. The van der Waals surface area contributed by atoms with Gasteiger partial charge in [0.05, 0.1) is 21.2 Å². The van der Waals surface area contributed by atoms with E-state index < -0.39 is 16.9 Å². The Labute approximate surface area is 146 Å². The molecule has 1 aliphatic rings. The normalized spacial score (nSPS) is 15.6. The second-order valence-electron chi connectivity index (χ2n) is 5.34. The number of nitrogens with zero attached hydrogens (tertiary/aromatic N) is 1. The summed E-state index contributed by atoms with van der Waals surface area (Å²) in [5, 5.41) is 16.2. The minimum absolute atomic E-state index is 0.0255. The van der Waals surface area contributed by atoms with Crippen molar-refractivity contribution in [3.05, 3.63) is 57.1 Å². The van der Waals surface area contributed by atoms with Crippen LogP contribution in [0.2, 0.25) is 5.02 Å². The lowest BCUT2D eigenvalue weighted by molar-refractivity contribution is -0.384. The molecule has 2 amide bonds. The van der Waals surface area contributed by atoms with Gasteiger partial charge in [-0.05, 0) is 31.2 Å². The molecule has 2 aromatic rings. The summed E-state index contributed by atoms with van der Waals surface area (Å²) in [6.45, 7) is 1.62. The zero-order valence-electron chi connectivity index (χ0n) is 12.9. The van der Waals surface area contributed by atoms with Crippen LogP contribution in [0.3, 0.4) is 0 Å². The maximum absolute atomic E-state index is 12.4. The first-order valence-corrected chi connectivity index (χ1v) is 7.60. The van der Waals surface area contributed by atoms with Crippen molar-refractivity contribution in [3.8, 4) is 5.75 Å². The van der Waals surface area contributed by atoms with Crippen molar-refractivity contribution in [2.24, 2.45) is 0 Å². The summed E-state index contributed by atoms with van der Waals surface area (Å²) in [5.41, 5.74) is 0.535. The summed E-state index contributed by atoms with van der Waals surface area (Å²) in [6, 6.07) is 8.33. The summed E-state index contributed by atoms with van der Waals surface area (Å²) >= 11 is 5.95. The van der Waals surface area contributed by atoms with Crippen molar-refractivity contribution in [3.63, 3.8) is 0 Å². The number of carbonyl (C=O) groups is 2. The Hall–Kier alpha value is -3.13. The van der Waals surface area contributed by atoms with Gasteiger partial charge in [0.15, 0.2) is 6.10 Å². The number of nitro groups is 1. The van der Waals surface area contributed by atoms with E-state index >= 15 is 0 Å². The molecule has 1 aliphatic heterocycles. The molecule has 9 heteroatoms. The van der Waals surface area contributed by atoms with Crippen molar-refractivity contribution in [2.45, 2.75) is 13.0 Å². The zero-order chi connectivity index (χ0) is 18.1. The van der Waals surface area contributed by atoms with Gasteiger partial charge in [-0.3, -0.25) is 19.7 Å². The summed E-state index contributed by atoms with van der Waals surface area (Å²) in [4.78, 5) is 34.2. The molecule has 128 valence electrons. The number of hydrogen-bond acceptors (Lipinski definition) is 5. The average Bonchev–Trinajstić information content (AvgIpc) is 2.56. The molecule has 0 saturated heterocycles. The molecule has 0 aromatic heterocycles. The summed E-state index contributed by atoms with van der Waals surface area (Å²) in [7, 11) is 0. The third-order valence-corrected chi connectivity index (χ3v) is 3.90. The number of non-ortho nitro benzene ring substituents is 1. The number of ether oxygens (including phenoxy) is 1. The van der Waals surface area contributed by atoms with Gasteiger partial charge >= 0.3 is 0 Å². The smallest absolute Gasteiger partial charge is 0.270 e. The van der Waals surface area contributed by atoms with Crippen LogP contribution in [0.1, 0.15) is 17.3 Å². The highest BCUT2D eigenvalue weighted by Crippen LogP contribution is 2.32. The van der Waals surface area contributed by atoms with Crippen molar-refractivity contribution in [2.75, 3.05) is 10.6 Å². The maximum Gasteiger partial charge on any atom is 0.270 e. The Morgan fingerprint density at radius 1 is 1.32 bits per heavy atom. The molecular formula is C16H12ClN3O5. The van der Waals surface area contributed by atoms with Gasteiger partial charge in [-0.15, -0.1) is 0 Å². The number of halogens is 1. The van der Waals surface area contributed by atoms with Crippen LogP contribution in [0.5, 0.6) is 5.75 Å². The van der Waals surface area contributed by atoms with Crippen molar-refractivity contribution < 1.29 is 19.2 Å². The summed E-state index contributed by atoms with van der Waals surface area (Å²) in [6.07, 6.45) is -0.600. The third kappa shape index (κ3) is 3.38. The standard InChI is InChI=1S/C16H12ClN3O5/c1-8-15(21)19-13-6-9(2-5-14(13)25-8)18-16(22)11-7-10(20(23)24)3-4-12(11)17/h2-8H,1H3,(H,18,22)(H,19,21). The minimum atomic E-state index is -0.611. The van der Waals surface area contributed by atoms with Gasteiger partial charge in [-0.25, -0.2) is 0 Å². The van der Waals surface area contributed by atoms with Crippen molar-refractivity contribution in [1.29, 1.82) is 0 Å². The number of amides is 2. The fourth-order valence-electron chi connectivity index (χ4n) is 2.29. The largest absolute Gasteiger partial charge is 0.479 e. The molecule has 2 N–H and O–H groups in total. The molecule has 0 radical (unpaired) electrons. The van der Waals surface area contributed by atoms with Crippen LogP contribution < -0.4 is 15.4 Å². The van der Waals surface area contributed by atoms with Crippen LogP contribution in [0.25, 0.3) is 0 Å². The second-order valence-corrected chi connectivity index (χ2v) is 5.74. The first-order chi connectivity index (χ1) is 11.8. The fourth-order valence-corrected chi connectivity index (χ4v) is 2.49. The van der Waals surface area contributed by atoms with E-state index in [9.17, 15) is 19.7 Å². The van der Waals surface area contributed by atoms with Gasteiger partial charge < -0.3 is 15.4 Å². The molecule has 1 heterocycles. The third-order valence-electron chi connectivity index (χ3n) is 3.57. The summed E-state index contributed by atoms with van der Waals surface area (Å²) < 4.78 is 5.43. The molecular weight excluding hydrogens is 350 g/mol. The van der Waals surface area contributed by atoms with E-state index in [0.717, 1.165) is 6.07 Å². The van der Waals surface area contributed by atoms with Gasteiger partial charge in [-0.1, -0.05) is 11.6 Å². The molecule has 0 bridgehead atoms. The molecule has 25 heavy (non-hydrogen) atoms. The number of benzene rings is 2. The Bertz CT molecular complexity index is 899. The van der Waals surface area contributed by atoms with Crippen molar-refractivity contribution >= 4 is 40.5 Å².